The van der Waals surface area contributed by atoms with Crippen LogP contribution in [0.1, 0.15) is 47.6 Å². The summed E-state index contributed by atoms with van der Waals surface area (Å²) in [5, 5.41) is 15.6. The number of hydrogen-bond acceptors (Lipinski definition) is 5. The van der Waals surface area contributed by atoms with Gasteiger partial charge in [0.25, 0.3) is 0 Å². The van der Waals surface area contributed by atoms with Crippen LogP contribution in [-0.2, 0) is 9.53 Å². The molecular formula is C13H18N2O5. The predicted octanol–water partition coefficient (Wildman–Crippen LogP) is 1.29. The van der Waals surface area contributed by atoms with Crippen molar-refractivity contribution in [3.05, 3.63) is 17.0 Å². The van der Waals surface area contributed by atoms with Gasteiger partial charge in [0.15, 0.2) is 5.76 Å². The van der Waals surface area contributed by atoms with E-state index in [0.29, 0.717) is 31.7 Å². The molecular weight excluding hydrogens is 264 g/mol. The third kappa shape index (κ3) is 2.98. The summed E-state index contributed by atoms with van der Waals surface area (Å²) in [6, 6.07) is -0.530. The normalized spacial score (nSPS) is 17.7. The topological polar surface area (TPSA) is 102 Å². The Labute approximate surface area is 116 Å². The van der Waals surface area contributed by atoms with Gasteiger partial charge in [0.05, 0.1) is 11.7 Å². The number of hydrogen-bond donors (Lipinski definition) is 2. The van der Waals surface area contributed by atoms with E-state index >= 15 is 0 Å². The van der Waals surface area contributed by atoms with E-state index in [1.165, 1.54) is 0 Å². The van der Waals surface area contributed by atoms with Crippen molar-refractivity contribution >= 4 is 11.9 Å². The number of rotatable bonds is 4. The van der Waals surface area contributed by atoms with Crippen molar-refractivity contribution in [1.82, 2.24) is 10.5 Å². The number of nitrogens with zero attached hydrogens (tertiary/aromatic N) is 1. The fourth-order valence-corrected chi connectivity index (χ4v) is 2.30. The smallest absolute Gasteiger partial charge is 0.341 e. The van der Waals surface area contributed by atoms with Crippen LogP contribution in [0, 0.1) is 12.8 Å². The highest BCUT2D eigenvalue weighted by molar-refractivity contribution is 5.90. The van der Waals surface area contributed by atoms with E-state index < -0.39 is 12.0 Å². The first-order valence-corrected chi connectivity index (χ1v) is 6.58. The van der Waals surface area contributed by atoms with Crippen LogP contribution in [0.2, 0.25) is 0 Å². The number of amides is 1. The van der Waals surface area contributed by atoms with Crippen LogP contribution >= 0.6 is 0 Å². The molecule has 1 aromatic rings. The van der Waals surface area contributed by atoms with E-state index in [0.717, 1.165) is 0 Å². The summed E-state index contributed by atoms with van der Waals surface area (Å²) < 4.78 is 10.2. The first kappa shape index (κ1) is 14.5. The Morgan fingerprint density at radius 1 is 1.40 bits per heavy atom. The van der Waals surface area contributed by atoms with Crippen LogP contribution in [0.25, 0.3) is 0 Å². The SMILES string of the molecule is Cc1noc([C@@H](C)NC(=O)C2CCOCC2)c1C(=O)O. The second kappa shape index (κ2) is 6.04. The Hall–Kier alpha value is -1.89. The minimum Gasteiger partial charge on any atom is -0.477 e. The second-order valence-electron chi connectivity index (χ2n) is 4.93. The van der Waals surface area contributed by atoms with Gasteiger partial charge in [-0.3, -0.25) is 4.79 Å². The van der Waals surface area contributed by atoms with Crippen LogP contribution in [-0.4, -0.2) is 35.4 Å². The molecule has 1 aliphatic rings. The minimum absolute atomic E-state index is 0.0183. The Balaban J connectivity index is 2.06. The molecule has 20 heavy (non-hydrogen) atoms. The highest BCUT2D eigenvalue weighted by Gasteiger charge is 2.28. The summed E-state index contributed by atoms with van der Waals surface area (Å²) in [4.78, 5) is 23.3. The van der Waals surface area contributed by atoms with Gasteiger partial charge in [-0.05, 0) is 26.7 Å². The van der Waals surface area contributed by atoms with Crippen LogP contribution in [0.3, 0.4) is 0 Å². The van der Waals surface area contributed by atoms with Crippen LogP contribution in [0.15, 0.2) is 4.52 Å². The number of aryl methyl sites for hydroxylation is 1. The van der Waals surface area contributed by atoms with Crippen LogP contribution in [0.5, 0.6) is 0 Å². The highest BCUT2D eigenvalue weighted by Crippen LogP contribution is 2.22. The number of ether oxygens (including phenoxy) is 1. The lowest BCUT2D eigenvalue weighted by molar-refractivity contribution is -0.128. The minimum atomic E-state index is -1.11. The molecule has 1 aliphatic heterocycles. The van der Waals surface area contributed by atoms with Crippen LogP contribution in [0.4, 0.5) is 0 Å². The quantitative estimate of drug-likeness (QED) is 0.862. The maximum atomic E-state index is 12.1. The van der Waals surface area contributed by atoms with Gasteiger partial charge in [0, 0.05) is 19.1 Å². The standard InChI is InChI=1S/C13H18N2O5/c1-7-10(13(17)18)11(20-15-7)8(2)14-12(16)9-3-5-19-6-4-9/h8-9H,3-6H2,1-2H3,(H,14,16)(H,17,18)/t8-/m1/s1. The molecule has 2 N–H and O–H groups in total. The van der Waals surface area contributed by atoms with Gasteiger partial charge in [-0.15, -0.1) is 0 Å². The largest absolute Gasteiger partial charge is 0.477 e. The van der Waals surface area contributed by atoms with Crippen molar-refractivity contribution in [2.24, 2.45) is 5.92 Å². The number of carbonyl (C=O) groups excluding carboxylic acids is 1. The van der Waals surface area contributed by atoms with Gasteiger partial charge in [-0.1, -0.05) is 5.16 Å². The van der Waals surface area contributed by atoms with E-state index in [4.69, 9.17) is 14.4 Å². The van der Waals surface area contributed by atoms with Gasteiger partial charge in [0.2, 0.25) is 5.91 Å². The molecule has 1 saturated heterocycles. The molecule has 0 saturated carbocycles. The molecule has 0 aromatic carbocycles. The third-order valence-corrected chi connectivity index (χ3v) is 3.45. The zero-order valence-corrected chi connectivity index (χ0v) is 11.5. The van der Waals surface area contributed by atoms with E-state index in [9.17, 15) is 9.59 Å². The molecule has 1 amide bonds. The Bertz CT molecular complexity index is 505. The summed E-state index contributed by atoms with van der Waals surface area (Å²) in [7, 11) is 0. The Morgan fingerprint density at radius 3 is 2.65 bits per heavy atom. The molecule has 0 unspecified atom stereocenters. The summed E-state index contributed by atoms with van der Waals surface area (Å²) in [5.41, 5.74) is 0.324. The first-order valence-electron chi connectivity index (χ1n) is 6.58. The van der Waals surface area contributed by atoms with Gasteiger partial charge in [0.1, 0.15) is 5.56 Å². The molecule has 1 atom stereocenters. The molecule has 2 rings (SSSR count). The monoisotopic (exact) mass is 282 g/mol. The van der Waals surface area contributed by atoms with E-state index in [2.05, 4.69) is 10.5 Å². The van der Waals surface area contributed by atoms with Crippen molar-refractivity contribution in [2.45, 2.75) is 32.7 Å². The zero-order chi connectivity index (χ0) is 14.7. The van der Waals surface area contributed by atoms with Crippen LogP contribution < -0.4 is 5.32 Å². The first-order chi connectivity index (χ1) is 9.50. The van der Waals surface area contributed by atoms with E-state index in [-0.39, 0.29) is 23.1 Å². The molecule has 110 valence electrons. The van der Waals surface area contributed by atoms with Gasteiger partial charge < -0.3 is 19.7 Å². The summed E-state index contributed by atoms with van der Waals surface area (Å²) in [6.45, 7) is 4.40. The Kier molecular flexibility index (Phi) is 4.39. The van der Waals surface area contributed by atoms with Crippen molar-refractivity contribution < 1.29 is 24.0 Å². The van der Waals surface area contributed by atoms with E-state index in [1.54, 1.807) is 13.8 Å². The number of carboxylic acids is 1. The Morgan fingerprint density at radius 2 is 2.05 bits per heavy atom. The lowest BCUT2D eigenvalue weighted by atomic mass is 9.98. The van der Waals surface area contributed by atoms with E-state index in [1.807, 2.05) is 0 Å². The van der Waals surface area contributed by atoms with Crippen molar-refractivity contribution in [2.75, 3.05) is 13.2 Å². The molecule has 0 aliphatic carbocycles. The number of nitrogens with one attached hydrogen (secondary N) is 1. The number of aromatic carboxylic acids is 1. The van der Waals surface area contributed by atoms with Crippen molar-refractivity contribution in [1.29, 1.82) is 0 Å². The fraction of sp³-hybridized carbons (Fsp3) is 0.615. The summed E-state index contributed by atoms with van der Waals surface area (Å²) in [5.74, 6) is -1.13. The predicted molar refractivity (Wildman–Crippen MR) is 68.3 cm³/mol. The second-order valence-corrected chi connectivity index (χ2v) is 4.93. The molecule has 2 heterocycles. The molecule has 1 fully saturated rings. The maximum absolute atomic E-state index is 12.1. The molecule has 0 spiro atoms. The van der Waals surface area contributed by atoms with Gasteiger partial charge in [-0.2, -0.15) is 0 Å². The zero-order valence-electron chi connectivity index (χ0n) is 11.5. The van der Waals surface area contributed by atoms with Crippen molar-refractivity contribution in [3.8, 4) is 0 Å². The molecule has 7 heteroatoms. The fourth-order valence-electron chi connectivity index (χ4n) is 2.30. The average molecular weight is 282 g/mol. The average Bonchev–Trinajstić information content (AvgIpc) is 2.81. The summed E-state index contributed by atoms with van der Waals surface area (Å²) in [6.07, 6.45) is 1.36. The molecule has 0 radical (unpaired) electrons. The molecule has 7 nitrogen and oxygen atoms in total. The molecule has 0 bridgehead atoms. The van der Waals surface area contributed by atoms with Gasteiger partial charge in [-0.25, -0.2) is 4.79 Å². The lowest BCUT2D eigenvalue weighted by Gasteiger charge is -2.22. The number of aromatic nitrogens is 1. The number of carbonyl (C=O) groups is 2. The molecule has 1 aromatic heterocycles. The highest BCUT2D eigenvalue weighted by atomic mass is 16.5. The lowest BCUT2D eigenvalue weighted by Crippen LogP contribution is -2.36. The van der Waals surface area contributed by atoms with Crippen molar-refractivity contribution in [3.63, 3.8) is 0 Å². The maximum Gasteiger partial charge on any atom is 0.341 e. The third-order valence-electron chi connectivity index (χ3n) is 3.45. The number of carboxylic acid groups (broad SMARTS) is 1. The van der Waals surface area contributed by atoms with Gasteiger partial charge >= 0.3 is 5.97 Å². The summed E-state index contributed by atoms with van der Waals surface area (Å²) >= 11 is 0.